The molecule has 2 amide bonds. The number of likely N-dealkylation sites (tertiary alicyclic amines) is 1. The topological polar surface area (TPSA) is 70.7 Å². The minimum atomic E-state index is -0.152. The van der Waals surface area contributed by atoms with Crippen molar-refractivity contribution >= 4 is 17.5 Å². The molecule has 6 heteroatoms. The fraction of sp³-hybridized carbons (Fsp3) is 0.556. The van der Waals surface area contributed by atoms with Gasteiger partial charge in [0.05, 0.1) is 13.2 Å². The van der Waals surface area contributed by atoms with E-state index in [1.165, 1.54) is 0 Å². The van der Waals surface area contributed by atoms with Crippen molar-refractivity contribution < 1.29 is 14.3 Å². The summed E-state index contributed by atoms with van der Waals surface area (Å²) in [6.07, 6.45) is 4.49. The molecule has 3 rings (SSSR count). The third-order valence-electron chi connectivity index (χ3n) is 4.59. The van der Waals surface area contributed by atoms with Crippen LogP contribution in [-0.4, -0.2) is 49.0 Å². The minimum absolute atomic E-state index is 0.000248. The van der Waals surface area contributed by atoms with Gasteiger partial charge in [-0.2, -0.15) is 0 Å². The summed E-state index contributed by atoms with van der Waals surface area (Å²) < 4.78 is 5.12. The maximum Gasteiger partial charge on any atom is 0.241 e. The lowest BCUT2D eigenvalue weighted by atomic mass is 10.2. The van der Waals surface area contributed by atoms with Crippen LogP contribution in [0.1, 0.15) is 32.1 Å². The molecule has 0 spiro atoms. The van der Waals surface area contributed by atoms with Crippen LogP contribution in [0, 0.1) is 0 Å². The molecule has 1 aromatic carbocycles. The summed E-state index contributed by atoms with van der Waals surface area (Å²) in [4.78, 5) is 26.5. The number of methoxy groups -OCH3 is 1. The van der Waals surface area contributed by atoms with Crippen LogP contribution in [0.2, 0.25) is 0 Å². The molecule has 1 atom stereocenters. The van der Waals surface area contributed by atoms with Crippen LogP contribution in [0.5, 0.6) is 5.75 Å². The number of benzene rings is 1. The van der Waals surface area contributed by atoms with Crippen LogP contribution < -0.4 is 15.4 Å². The average Bonchev–Trinajstić information content (AvgIpc) is 3.26. The third-order valence-corrected chi connectivity index (χ3v) is 4.59. The molecular weight excluding hydrogens is 306 g/mol. The Labute approximate surface area is 142 Å². The average molecular weight is 331 g/mol. The highest BCUT2D eigenvalue weighted by atomic mass is 16.5. The van der Waals surface area contributed by atoms with Crippen molar-refractivity contribution in [3.05, 3.63) is 24.3 Å². The molecule has 1 aliphatic carbocycles. The fourth-order valence-corrected chi connectivity index (χ4v) is 3.06. The Hall–Kier alpha value is -2.08. The molecule has 1 heterocycles. The molecule has 0 bridgehead atoms. The lowest BCUT2D eigenvalue weighted by molar-refractivity contribution is -0.123. The van der Waals surface area contributed by atoms with Gasteiger partial charge >= 0.3 is 0 Å². The number of nitrogens with one attached hydrogen (secondary N) is 2. The summed E-state index contributed by atoms with van der Waals surface area (Å²) in [6, 6.07) is 7.55. The highest BCUT2D eigenvalue weighted by Gasteiger charge is 2.31. The molecule has 24 heavy (non-hydrogen) atoms. The number of rotatable bonds is 7. The van der Waals surface area contributed by atoms with Gasteiger partial charge in [0, 0.05) is 24.7 Å². The van der Waals surface area contributed by atoms with Gasteiger partial charge in [-0.3, -0.25) is 14.5 Å². The number of nitrogens with zero attached hydrogens (tertiary/aromatic N) is 1. The van der Waals surface area contributed by atoms with Gasteiger partial charge in [0.2, 0.25) is 11.8 Å². The van der Waals surface area contributed by atoms with E-state index in [1.54, 1.807) is 7.11 Å². The molecule has 130 valence electrons. The summed E-state index contributed by atoms with van der Waals surface area (Å²) in [5, 5.41) is 5.95. The zero-order valence-electron chi connectivity index (χ0n) is 14.1. The first-order chi connectivity index (χ1) is 11.7. The van der Waals surface area contributed by atoms with Crippen molar-refractivity contribution in [2.45, 2.75) is 44.2 Å². The summed E-state index contributed by atoms with van der Waals surface area (Å²) in [5.41, 5.74) is 0.763. The van der Waals surface area contributed by atoms with Crippen molar-refractivity contribution in [3.8, 4) is 5.75 Å². The van der Waals surface area contributed by atoms with Crippen LogP contribution in [-0.2, 0) is 9.59 Å². The van der Waals surface area contributed by atoms with Gasteiger partial charge in [0.25, 0.3) is 0 Å². The number of ether oxygens (including phenoxy) is 1. The van der Waals surface area contributed by atoms with Crippen LogP contribution in [0.15, 0.2) is 24.3 Å². The highest BCUT2D eigenvalue weighted by Crippen LogP contribution is 2.21. The second-order valence-corrected chi connectivity index (χ2v) is 6.50. The van der Waals surface area contributed by atoms with Gasteiger partial charge in [-0.25, -0.2) is 0 Å². The van der Waals surface area contributed by atoms with Crippen LogP contribution >= 0.6 is 0 Å². The van der Waals surface area contributed by atoms with E-state index in [0.29, 0.717) is 19.0 Å². The number of hydrogen-bond acceptors (Lipinski definition) is 4. The third kappa shape index (κ3) is 4.47. The zero-order valence-corrected chi connectivity index (χ0v) is 14.1. The van der Waals surface area contributed by atoms with Gasteiger partial charge in [0.15, 0.2) is 0 Å². The Balaban J connectivity index is 1.49. The highest BCUT2D eigenvalue weighted by molar-refractivity contribution is 5.95. The first-order valence-electron chi connectivity index (χ1n) is 8.64. The number of anilines is 1. The largest absolute Gasteiger partial charge is 0.497 e. The van der Waals surface area contributed by atoms with Crippen molar-refractivity contribution in [1.82, 2.24) is 10.2 Å². The van der Waals surface area contributed by atoms with Crippen molar-refractivity contribution in [1.29, 1.82) is 0 Å². The number of hydrogen-bond donors (Lipinski definition) is 2. The molecule has 1 saturated carbocycles. The first-order valence-corrected chi connectivity index (χ1v) is 8.64. The monoisotopic (exact) mass is 331 g/mol. The van der Waals surface area contributed by atoms with E-state index in [1.807, 2.05) is 24.3 Å². The molecule has 6 nitrogen and oxygen atoms in total. The van der Waals surface area contributed by atoms with Gasteiger partial charge in [-0.15, -0.1) is 0 Å². The maximum absolute atomic E-state index is 12.5. The second-order valence-electron chi connectivity index (χ2n) is 6.50. The van der Waals surface area contributed by atoms with Crippen LogP contribution in [0.3, 0.4) is 0 Å². The van der Waals surface area contributed by atoms with Gasteiger partial charge in [-0.05, 0) is 56.5 Å². The van der Waals surface area contributed by atoms with Crippen molar-refractivity contribution in [2.75, 3.05) is 25.5 Å². The fourth-order valence-electron chi connectivity index (χ4n) is 3.06. The Morgan fingerprint density at radius 2 is 1.96 bits per heavy atom. The molecule has 1 aromatic rings. The Bertz CT molecular complexity index is 584. The quantitative estimate of drug-likeness (QED) is 0.799. The molecule has 2 fully saturated rings. The first kappa shape index (κ1) is 16.8. The van der Waals surface area contributed by atoms with Crippen molar-refractivity contribution in [3.63, 3.8) is 0 Å². The summed E-state index contributed by atoms with van der Waals surface area (Å²) in [6.45, 7) is 1.51. The Morgan fingerprint density at radius 1 is 1.21 bits per heavy atom. The normalized spacial score (nSPS) is 20.6. The molecule has 1 aliphatic heterocycles. The Kier molecular flexibility index (Phi) is 5.35. The SMILES string of the molecule is COc1ccc(NC(=O)C2CCCN2CCC(=O)NC2CC2)cc1. The smallest absolute Gasteiger partial charge is 0.241 e. The molecule has 0 radical (unpaired) electrons. The summed E-state index contributed by atoms with van der Waals surface area (Å²) >= 11 is 0. The molecule has 1 saturated heterocycles. The van der Waals surface area contributed by atoms with E-state index in [-0.39, 0.29) is 17.9 Å². The lowest BCUT2D eigenvalue weighted by Crippen LogP contribution is -2.41. The molecule has 2 aliphatic rings. The molecule has 2 N–H and O–H groups in total. The summed E-state index contributed by atoms with van der Waals surface area (Å²) in [5.74, 6) is 0.858. The van der Waals surface area contributed by atoms with E-state index in [9.17, 15) is 9.59 Å². The second kappa shape index (κ2) is 7.66. The number of amides is 2. The van der Waals surface area contributed by atoms with E-state index in [4.69, 9.17) is 4.74 Å². The van der Waals surface area contributed by atoms with E-state index >= 15 is 0 Å². The molecular formula is C18H25N3O3. The van der Waals surface area contributed by atoms with Crippen LogP contribution in [0.25, 0.3) is 0 Å². The molecule has 0 aromatic heterocycles. The molecule has 1 unspecified atom stereocenters. The standard InChI is InChI=1S/C18H25N3O3/c1-24-15-8-6-14(7-9-15)20-18(23)16-3-2-11-21(16)12-10-17(22)19-13-4-5-13/h6-9,13,16H,2-5,10-12H2,1H3,(H,19,22)(H,20,23). The lowest BCUT2D eigenvalue weighted by Gasteiger charge is -2.23. The summed E-state index contributed by atoms with van der Waals surface area (Å²) in [7, 11) is 1.61. The Morgan fingerprint density at radius 3 is 2.62 bits per heavy atom. The van der Waals surface area contributed by atoms with E-state index in [0.717, 1.165) is 43.7 Å². The zero-order chi connectivity index (χ0) is 16.9. The predicted octanol–water partition coefficient (Wildman–Crippen LogP) is 1.77. The van der Waals surface area contributed by atoms with Gasteiger partial charge in [0.1, 0.15) is 5.75 Å². The minimum Gasteiger partial charge on any atom is -0.497 e. The predicted molar refractivity (Wildman–Crippen MR) is 92.0 cm³/mol. The van der Waals surface area contributed by atoms with E-state index in [2.05, 4.69) is 15.5 Å². The van der Waals surface area contributed by atoms with Crippen LogP contribution in [0.4, 0.5) is 5.69 Å². The number of carbonyl (C=O) groups excluding carboxylic acids is 2. The van der Waals surface area contributed by atoms with Crippen molar-refractivity contribution in [2.24, 2.45) is 0 Å². The maximum atomic E-state index is 12.5. The van der Waals surface area contributed by atoms with E-state index < -0.39 is 0 Å². The van der Waals surface area contributed by atoms with Gasteiger partial charge in [-0.1, -0.05) is 0 Å². The van der Waals surface area contributed by atoms with Gasteiger partial charge < -0.3 is 15.4 Å². The number of carbonyl (C=O) groups is 2.